The zero-order valence-electron chi connectivity index (χ0n) is 7.42. The van der Waals surface area contributed by atoms with Crippen molar-refractivity contribution in [2.24, 2.45) is 0 Å². The fraction of sp³-hybridized carbons (Fsp3) is 0.300. The standard InChI is InChI=1S/C10H8BrNOS/c11-5-8-6-1-2-9-7(3-4-14-9)10(6)13-12-8/h3-4H,1-2,5H2. The number of aryl methyl sites for hydroxylation is 1. The van der Waals surface area contributed by atoms with Crippen LogP contribution in [-0.4, -0.2) is 5.16 Å². The Hall–Kier alpha value is -0.610. The molecule has 1 aliphatic rings. The largest absolute Gasteiger partial charge is 0.356 e. The molecule has 2 nitrogen and oxygen atoms in total. The van der Waals surface area contributed by atoms with Crippen molar-refractivity contribution in [3.05, 3.63) is 27.6 Å². The number of fused-ring (bicyclic) bond motifs is 3. The highest BCUT2D eigenvalue weighted by Gasteiger charge is 2.24. The fourth-order valence-electron chi connectivity index (χ4n) is 1.89. The zero-order valence-corrected chi connectivity index (χ0v) is 9.82. The summed E-state index contributed by atoms with van der Waals surface area (Å²) in [4.78, 5) is 1.43. The van der Waals surface area contributed by atoms with Gasteiger partial charge in [0, 0.05) is 21.3 Å². The Balaban J connectivity index is 2.22. The monoisotopic (exact) mass is 269 g/mol. The van der Waals surface area contributed by atoms with Gasteiger partial charge in [0.2, 0.25) is 0 Å². The minimum atomic E-state index is 0.783. The Bertz CT molecular complexity index is 474. The molecule has 2 heterocycles. The molecule has 1 aliphatic carbocycles. The van der Waals surface area contributed by atoms with Gasteiger partial charge < -0.3 is 4.52 Å². The van der Waals surface area contributed by atoms with Crippen LogP contribution in [0, 0.1) is 0 Å². The summed E-state index contributed by atoms with van der Waals surface area (Å²) in [6, 6.07) is 2.13. The van der Waals surface area contributed by atoms with E-state index in [4.69, 9.17) is 4.52 Å². The fourth-order valence-corrected chi connectivity index (χ4v) is 3.21. The summed E-state index contributed by atoms with van der Waals surface area (Å²) in [6.07, 6.45) is 2.19. The van der Waals surface area contributed by atoms with E-state index in [1.165, 1.54) is 16.0 Å². The minimum absolute atomic E-state index is 0.783. The minimum Gasteiger partial charge on any atom is -0.356 e. The predicted molar refractivity (Wildman–Crippen MR) is 59.9 cm³/mol. The summed E-state index contributed by atoms with van der Waals surface area (Å²) < 4.78 is 5.39. The molecular formula is C10H8BrNOS. The topological polar surface area (TPSA) is 26.0 Å². The molecular weight excluding hydrogens is 262 g/mol. The van der Waals surface area contributed by atoms with Crippen molar-refractivity contribution in [3.8, 4) is 11.3 Å². The summed E-state index contributed by atoms with van der Waals surface area (Å²) in [5.41, 5.74) is 3.58. The summed E-state index contributed by atoms with van der Waals surface area (Å²) in [5.74, 6) is 0.988. The van der Waals surface area contributed by atoms with Gasteiger partial charge in [-0.25, -0.2) is 0 Å². The van der Waals surface area contributed by atoms with Crippen molar-refractivity contribution in [2.75, 3.05) is 0 Å². The molecule has 0 amide bonds. The first kappa shape index (κ1) is 8.68. The van der Waals surface area contributed by atoms with Crippen LogP contribution < -0.4 is 0 Å². The molecule has 0 atom stereocenters. The van der Waals surface area contributed by atoms with Crippen LogP contribution in [0.1, 0.15) is 16.1 Å². The Labute approximate surface area is 94.1 Å². The van der Waals surface area contributed by atoms with E-state index in [1.807, 2.05) is 0 Å². The van der Waals surface area contributed by atoms with Crippen molar-refractivity contribution in [3.63, 3.8) is 0 Å². The van der Waals surface area contributed by atoms with E-state index in [1.54, 1.807) is 11.3 Å². The van der Waals surface area contributed by atoms with Crippen LogP contribution >= 0.6 is 27.3 Å². The average molecular weight is 270 g/mol. The molecule has 0 radical (unpaired) electrons. The van der Waals surface area contributed by atoms with Gasteiger partial charge in [-0.2, -0.15) is 0 Å². The molecule has 0 spiro atoms. The van der Waals surface area contributed by atoms with Gasteiger partial charge in [-0.1, -0.05) is 21.1 Å². The van der Waals surface area contributed by atoms with E-state index in [0.717, 1.165) is 29.6 Å². The van der Waals surface area contributed by atoms with E-state index >= 15 is 0 Å². The Morgan fingerprint density at radius 3 is 3.29 bits per heavy atom. The van der Waals surface area contributed by atoms with E-state index < -0.39 is 0 Å². The second-order valence-corrected chi connectivity index (χ2v) is 4.89. The molecule has 0 fully saturated rings. The van der Waals surface area contributed by atoms with Gasteiger partial charge in [-0.3, -0.25) is 0 Å². The molecule has 0 saturated carbocycles. The molecule has 2 aromatic heterocycles. The van der Waals surface area contributed by atoms with Crippen LogP contribution in [0.4, 0.5) is 0 Å². The summed E-state index contributed by atoms with van der Waals surface area (Å²) in [5, 5.41) is 6.98. The number of hydrogen-bond donors (Lipinski definition) is 0. The van der Waals surface area contributed by atoms with Crippen LogP contribution in [0.2, 0.25) is 0 Å². The summed E-state index contributed by atoms with van der Waals surface area (Å²) >= 11 is 5.23. The number of halogens is 1. The molecule has 4 heteroatoms. The highest BCUT2D eigenvalue weighted by molar-refractivity contribution is 9.08. The lowest BCUT2D eigenvalue weighted by Crippen LogP contribution is -2.00. The van der Waals surface area contributed by atoms with Gasteiger partial charge in [0.05, 0.1) is 5.69 Å². The molecule has 0 bridgehead atoms. The van der Waals surface area contributed by atoms with Crippen molar-refractivity contribution < 1.29 is 4.52 Å². The van der Waals surface area contributed by atoms with E-state index in [2.05, 4.69) is 32.5 Å². The van der Waals surface area contributed by atoms with Crippen LogP contribution in [0.5, 0.6) is 0 Å². The molecule has 0 saturated heterocycles. The average Bonchev–Trinajstić information content (AvgIpc) is 2.82. The van der Waals surface area contributed by atoms with Crippen molar-refractivity contribution in [2.45, 2.75) is 18.2 Å². The smallest absolute Gasteiger partial charge is 0.171 e. The molecule has 72 valence electrons. The Kier molecular flexibility index (Phi) is 1.99. The lowest BCUT2D eigenvalue weighted by Gasteiger charge is -2.09. The lowest BCUT2D eigenvalue weighted by atomic mass is 9.96. The molecule has 2 aromatic rings. The van der Waals surface area contributed by atoms with Crippen LogP contribution in [0.3, 0.4) is 0 Å². The van der Waals surface area contributed by atoms with Gasteiger partial charge in [0.25, 0.3) is 0 Å². The number of rotatable bonds is 1. The van der Waals surface area contributed by atoms with E-state index in [0.29, 0.717) is 0 Å². The van der Waals surface area contributed by atoms with Crippen molar-refractivity contribution in [1.82, 2.24) is 5.16 Å². The van der Waals surface area contributed by atoms with E-state index in [9.17, 15) is 0 Å². The maximum Gasteiger partial charge on any atom is 0.171 e. The SMILES string of the molecule is BrCc1noc2c1CCc1sccc1-2. The zero-order chi connectivity index (χ0) is 9.54. The number of nitrogens with zero attached hydrogens (tertiary/aromatic N) is 1. The second-order valence-electron chi connectivity index (χ2n) is 3.33. The van der Waals surface area contributed by atoms with Gasteiger partial charge >= 0.3 is 0 Å². The highest BCUT2D eigenvalue weighted by atomic mass is 79.9. The third-order valence-electron chi connectivity index (χ3n) is 2.59. The first-order valence-electron chi connectivity index (χ1n) is 4.50. The maximum atomic E-state index is 5.39. The molecule has 0 aromatic carbocycles. The molecule has 14 heavy (non-hydrogen) atoms. The predicted octanol–water partition coefficient (Wildman–Crippen LogP) is 3.40. The first-order chi connectivity index (χ1) is 6.90. The van der Waals surface area contributed by atoms with Crippen LogP contribution in [0.25, 0.3) is 11.3 Å². The van der Waals surface area contributed by atoms with Gasteiger partial charge in [-0.15, -0.1) is 11.3 Å². The third-order valence-corrected chi connectivity index (χ3v) is 4.10. The third kappa shape index (κ3) is 1.10. The van der Waals surface area contributed by atoms with Gasteiger partial charge in [-0.05, 0) is 24.3 Å². The second kappa shape index (κ2) is 3.21. The van der Waals surface area contributed by atoms with Gasteiger partial charge in [0.1, 0.15) is 0 Å². The summed E-state index contributed by atoms with van der Waals surface area (Å²) in [6.45, 7) is 0. The normalized spacial score (nSPS) is 13.8. The summed E-state index contributed by atoms with van der Waals surface area (Å²) in [7, 11) is 0. The molecule has 0 unspecified atom stereocenters. The highest BCUT2D eigenvalue weighted by Crippen LogP contribution is 2.38. The number of thiophene rings is 1. The number of aromatic nitrogens is 1. The quantitative estimate of drug-likeness (QED) is 0.742. The molecule has 0 N–H and O–H groups in total. The number of hydrogen-bond acceptors (Lipinski definition) is 3. The van der Waals surface area contributed by atoms with E-state index in [-0.39, 0.29) is 0 Å². The van der Waals surface area contributed by atoms with Crippen LogP contribution in [-0.2, 0) is 18.2 Å². The van der Waals surface area contributed by atoms with Crippen molar-refractivity contribution in [1.29, 1.82) is 0 Å². The molecule has 3 rings (SSSR count). The Morgan fingerprint density at radius 1 is 1.50 bits per heavy atom. The Morgan fingerprint density at radius 2 is 2.43 bits per heavy atom. The molecule has 0 aliphatic heterocycles. The van der Waals surface area contributed by atoms with Crippen molar-refractivity contribution >= 4 is 27.3 Å². The number of alkyl halides is 1. The van der Waals surface area contributed by atoms with Gasteiger partial charge in [0.15, 0.2) is 5.76 Å². The first-order valence-corrected chi connectivity index (χ1v) is 6.50. The maximum absolute atomic E-state index is 5.39. The van der Waals surface area contributed by atoms with Crippen LogP contribution in [0.15, 0.2) is 16.0 Å². The lowest BCUT2D eigenvalue weighted by molar-refractivity contribution is 0.425.